The second-order valence-electron chi connectivity index (χ2n) is 11.2. The first-order valence-corrected chi connectivity index (χ1v) is 21.5. The first-order chi connectivity index (χ1) is 25.6. The number of esters is 4. The third-order valence-corrected chi connectivity index (χ3v) is 11.1. The fourth-order valence-corrected chi connectivity index (χ4v) is 4.35. The number of isocyanates is 1. The molecule has 316 valence electrons. The zero-order chi connectivity index (χ0) is 43.5. The second kappa shape index (κ2) is 35.1. The Balaban J connectivity index is -0.000000363. The van der Waals surface area contributed by atoms with Gasteiger partial charge in [-0.3, -0.25) is 24.0 Å². The molecule has 0 aromatic carbocycles. The lowest BCUT2D eigenvalue weighted by molar-refractivity contribution is -0.148. The molecule has 0 aromatic heterocycles. The molecule has 1 amide bonds. The van der Waals surface area contributed by atoms with Gasteiger partial charge in [0, 0.05) is 65.8 Å². The Kier molecular flexibility index (Phi) is 36.5. The molecule has 0 saturated heterocycles. The first-order valence-electron chi connectivity index (χ1n) is 16.5. The number of hydrogen-bond donors (Lipinski definition) is 3. The molecule has 0 fully saturated rings. The lowest BCUT2D eigenvalue weighted by Gasteiger charge is -2.22. The maximum atomic E-state index is 11.7. The van der Waals surface area contributed by atoms with Crippen molar-refractivity contribution in [1.82, 2.24) is 5.32 Å². The number of nitrogens with zero attached hydrogens (tertiary/aromatic N) is 1. The smallest absolute Gasteiger partial charge is 0.357 e. The number of ether oxygens (including phenoxy) is 4. The Bertz CT molecular complexity index is 1260. The quantitative estimate of drug-likeness (QED) is 0.0239. The van der Waals surface area contributed by atoms with E-state index >= 15 is 0 Å². The van der Waals surface area contributed by atoms with Crippen LogP contribution in [0.5, 0.6) is 0 Å². The van der Waals surface area contributed by atoms with Crippen molar-refractivity contribution in [3.63, 3.8) is 0 Å². The van der Waals surface area contributed by atoms with E-state index in [1.807, 2.05) is 13.1 Å². The minimum absolute atomic E-state index is 0.0182. The molecule has 0 unspecified atom stereocenters. The van der Waals surface area contributed by atoms with Gasteiger partial charge in [0.25, 0.3) is 5.97 Å². The largest absolute Gasteiger partial charge is 0.481 e. The molecular formula is C33H58N2O18Si2. The molecule has 3 N–H and O–H groups in total. The maximum absolute atomic E-state index is 11.7. The van der Waals surface area contributed by atoms with Gasteiger partial charge in [0.2, 0.25) is 12.0 Å². The summed E-state index contributed by atoms with van der Waals surface area (Å²) in [6.45, 7) is 15.2. The van der Waals surface area contributed by atoms with Crippen LogP contribution in [0, 0.1) is 0 Å². The van der Waals surface area contributed by atoms with Crippen molar-refractivity contribution in [1.29, 1.82) is 0 Å². The van der Waals surface area contributed by atoms with Crippen molar-refractivity contribution >= 4 is 64.9 Å². The summed E-state index contributed by atoms with van der Waals surface area (Å²) < 4.78 is 39.8. The predicted octanol–water partition coefficient (Wildman–Crippen LogP) is 2.06. The molecule has 0 radical (unpaired) electrons. The molecule has 0 aromatic rings. The Hall–Kier alpha value is -4.58. The number of rotatable bonds is 24. The number of aliphatic carboxylic acids is 2. The number of hydrogen-bond acceptors (Lipinski definition) is 17. The van der Waals surface area contributed by atoms with Crippen LogP contribution in [0.15, 0.2) is 29.3 Å². The molecule has 0 bridgehead atoms. The van der Waals surface area contributed by atoms with Crippen molar-refractivity contribution in [3.8, 4) is 0 Å². The Labute approximate surface area is 324 Å². The number of nitrogens with one attached hydrogen (secondary N) is 1. The molecule has 0 aliphatic carbocycles. The van der Waals surface area contributed by atoms with Crippen molar-refractivity contribution < 1.29 is 85.2 Å². The lowest BCUT2D eigenvalue weighted by Crippen LogP contribution is -2.48. The first kappa shape index (κ1) is 57.2. The maximum Gasteiger partial charge on any atom is 0.357 e. The topological polar surface area (TPSA) is 275 Å². The van der Waals surface area contributed by atoms with Gasteiger partial charge < -0.3 is 52.2 Å². The highest BCUT2D eigenvalue weighted by atomic mass is 28.4. The highest BCUT2D eigenvalue weighted by molar-refractivity contribution is 6.66. The molecule has 22 heteroatoms. The van der Waals surface area contributed by atoms with Crippen molar-refractivity contribution in [2.75, 3.05) is 67.2 Å². The normalized spacial score (nSPS) is 10.1. The molecule has 0 aliphatic rings. The summed E-state index contributed by atoms with van der Waals surface area (Å²) in [6, 6.07) is 0. The Morgan fingerprint density at radius 3 is 1.33 bits per heavy atom. The van der Waals surface area contributed by atoms with Crippen LogP contribution in [0.4, 0.5) is 0 Å². The van der Waals surface area contributed by atoms with E-state index in [0.29, 0.717) is 36.3 Å². The van der Waals surface area contributed by atoms with Gasteiger partial charge in [-0.25, -0.2) is 19.4 Å². The Morgan fingerprint density at radius 1 is 0.636 bits per heavy atom. The number of carbonyl (C=O) groups excluding carboxylic acids is 6. The zero-order valence-electron chi connectivity index (χ0n) is 33.3. The van der Waals surface area contributed by atoms with E-state index in [0.717, 1.165) is 6.92 Å². The SMILES string of the molecule is C=C(C)C(=O)OCCCOC(=O)CCC(=O)NC[Si](C)(OC)OC.C=C(C)C(=O)OCCCOC(=O)CCC(=O)O.CC(=O)O.CO[Si](C)(CN=C=O)OC. The van der Waals surface area contributed by atoms with E-state index in [9.17, 15) is 33.6 Å². The minimum atomic E-state index is -2.36. The molecule has 0 rings (SSSR count). The number of carboxylic acid groups (broad SMARTS) is 2. The number of aliphatic imine (C=N–C) groups is 1. The van der Waals surface area contributed by atoms with Crippen molar-refractivity contribution in [2.45, 2.75) is 72.4 Å². The Morgan fingerprint density at radius 2 is 1.00 bits per heavy atom. The third-order valence-electron chi connectivity index (χ3n) is 6.13. The molecule has 0 saturated carbocycles. The predicted molar refractivity (Wildman–Crippen MR) is 199 cm³/mol. The van der Waals surface area contributed by atoms with Crippen LogP contribution >= 0.6 is 0 Å². The van der Waals surface area contributed by atoms with Crippen LogP contribution in [0.2, 0.25) is 13.1 Å². The van der Waals surface area contributed by atoms with Crippen LogP contribution in [-0.2, 0) is 75.0 Å². The fourth-order valence-electron chi connectivity index (χ4n) is 2.60. The summed E-state index contributed by atoms with van der Waals surface area (Å²) in [7, 11) is 1.67. The van der Waals surface area contributed by atoms with Crippen LogP contribution in [0.1, 0.15) is 59.3 Å². The third kappa shape index (κ3) is 40.4. The molecule has 0 spiro atoms. The van der Waals surface area contributed by atoms with E-state index in [1.165, 1.54) is 27.2 Å². The summed E-state index contributed by atoms with van der Waals surface area (Å²) >= 11 is 0. The summed E-state index contributed by atoms with van der Waals surface area (Å²) in [5.74, 6) is -4.15. The van der Waals surface area contributed by atoms with Gasteiger partial charge in [0.1, 0.15) is 0 Å². The molecule has 20 nitrogen and oxygen atoms in total. The average Bonchev–Trinajstić information content (AvgIpc) is 3.13. The summed E-state index contributed by atoms with van der Waals surface area (Å²) in [5, 5.41) is 18.4. The van der Waals surface area contributed by atoms with Crippen LogP contribution < -0.4 is 5.32 Å². The molecule has 0 atom stereocenters. The summed E-state index contributed by atoms with van der Waals surface area (Å²) in [4.78, 5) is 88.4. The van der Waals surface area contributed by atoms with Gasteiger partial charge >= 0.3 is 47.0 Å². The van der Waals surface area contributed by atoms with Crippen molar-refractivity contribution in [2.24, 2.45) is 4.99 Å². The fraction of sp³-hybridized carbons (Fsp3) is 0.636. The summed E-state index contributed by atoms with van der Waals surface area (Å²) in [6.07, 6.45) is 2.44. The highest BCUT2D eigenvalue weighted by Crippen LogP contribution is 2.04. The van der Waals surface area contributed by atoms with Crippen molar-refractivity contribution in [3.05, 3.63) is 24.3 Å². The lowest BCUT2D eigenvalue weighted by atomic mass is 10.3. The average molecular weight is 827 g/mol. The van der Waals surface area contributed by atoms with Crippen LogP contribution in [-0.4, -0.2) is 142 Å². The van der Waals surface area contributed by atoms with Crippen LogP contribution in [0.3, 0.4) is 0 Å². The number of carboxylic acids is 2. The van der Waals surface area contributed by atoms with Gasteiger partial charge in [-0.1, -0.05) is 13.2 Å². The van der Waals surface area contributed by atoms with E-state index in [-0.39, 0.29) is 58.0 Å². The highest BCUT2D eigenvalue weighted by Gasteiger charge is 2.29. The minimum Gasteiger partial charge on any atom is -0.481 e. The van der Waals surface area contributed by atoms with E-state index < -0.39 is 52.9 Å². The zero-order valence-corrected chi connectivity index (χ0v) is 35.3. The molecule has 0 heterocycles. The standard InChI is InChI=1S/C15H27NO7Si.C11H16O6.C5H11NO3Si.C2H4O2/c1-12(2)15(19)23-10-6-9-22-14(18)8-7-13(17)16-11-24(5,20-3)21-4;1-8(2)11(15)17-7-3-6-16-10(14)5-4-9(12)13;1-8-10(3,9-2)5-6-4-7;1-2(3)4/h1,6-11H2,2-5H3,(H,16,17);1,3-7H2,2H3,(H,12,13);5H2,1-3H3;1H3,(H,3,4). The summed E-state index contributed by atoms with van der Waals surface area (Å²) in [5.41, 5.74) is 0.627. The van der Waals surface area contributed by atoms with Crippen LogP contribution in [0.25, 0.3) is 0 Å². The van der Waals surface area contributed by atoms with E-state index in [1.54, 1.807) is 21.1 Å². The monoisotopic (exact) mass is 826 g/mol. The number of amides is 1. The van der Waals surface area contributed by atoms with E-state index in [4.69, 9.17) is 51.7 Å². The van der Waals surface area contributed by atoms with Gasteiger partial charge in [-0.15, -0.1) is 0 Å². The molecule has 0 aliphatic heterocycles. The van der Waals surface area contributed by atoms with E-state index in [2.05, 4.69) is 23.5 Å². The van der Waals surface area contributed by atoms with Gasteiger partial charge in [-0.2, -0.15) is 0 Å². The number of carbonyl (C=O) groups is 7. The van der Waals surface area contributed by atoms with Gasteiger partial charge in [0.05, 0.1) is 58.0 Å². The molecule has 55 heavy (non-hydrogen) atoms. The van der Waals surface area contributed by atoms with Gasteiger partial charge in [0.15, 0.2) is 0 Å². The van der Waals surface area contributed by atoms with Gasteiger partial charge in [-0.05, 0) is 26.9 Å². The molecular weight excluding hydrogens is 769 g/mol. The second-order valence-corrected chi connectivity index (χ2v) is 18.0.